The predicted molar refractivity (Wildman–Crippen MR) is 60.4 cm³/mol. The molecule has 1 aromatic heterocycles. The Hall–Kier alpha value is -1.20. The number of aromatic nitrogens is 2. The minimum absolute atomic E-state index is 0.00777. The summed E-state index contributed by atoms with van der Waals surface area (Å²) < 4.78 is 5.31. The highest BCUT2D eigenvalue weighted by molar-refractivity contribution is 5.19. The normalized spacial score (nSPS) is 16.9. The lowest BCUT2D eigenvalue weighted by atomic mass is 10.1. The fourth-order valence-corrected chi connectivity index (χ4v) is 1.80. The van der Waals surface area contributed by atoms with Gasteiger partial charge in [0.15, 0.2) is 0 Å². The van der Waals surface area contributed by atoms with Crippen LogP contribution in [0.15, 0.2) is 4.79 Å². The van der Waals surface area contributed by atoms with E-state index in [9.17, 15) is 4.79 Å². The molecule has 0 aromatic carbocycles. The molecule has 2 N–H and O–H groups in total. The van der Waals surface area contributed by atoms with Gasteiger partial charge in [0, 0.05) is 24.4 Å². The second-order valence-corrected chi connectivity index (χ2v) is 4.13. The molecule has 2 rings (SSSR count). The summed E-state index contributed by atoms with van der Waals surface area (Å²) in [6, 6.07) is 0.297. The molecule has 1 atom stereocenters. The van der Waals surface area contributed by atoms with Gasteiger partial charge in [0.25, 0.3) is 5.56 Å². The van der Waals surface area contributed by atoms with Gasteiger partial charge < -0.3 is 15.0 Å². The van der Waals surface area contributed by atoms with Gasteiger partial charge in [-0.15, -0.1) is 0 Å². The Morgan fingerprint density at radius 3 is 3.19 bits per heavy atom. The van der Waals surface area contributed by atoms with Crippen molar-refractivity contribution in [2.75, 3.05) is 13.7 Å². The highest BCUT2D eigenvalue weighted by atomic mass is 16.5. The summed E-state index contributed by atoms with van der Waals surface area (Å²) in [6.07, 6.45) is 1.39. The van der Waals surface area contributed by atoms with Crippen molar-refractivity contribution < 1.29 is 4.74 Å². The summed E-state index contributed by atoms with van der Waals surface area (Å²) in [5, 5.41) is 3.12. The third-order valence-electron chi connectivity index (χ3n) is 2.88. The molecule has 2 heterocycles. The zero-order valence-electron chi connectivity index (χ0n) is 9.67. The van der Waals surface area contributed by atoms with Crippen LogP contribution in [0, 0.1) is 0 Å². The van der Waals surface area contributed by atoms with E-state index in [1.165, 1.54) is 0 Å². The van der Waals surface area contributed by atoms with Gasteiger partial charge >= 0.3 is 0 Å². The topological polar surface area (TPSA) is 67.0 Å². The van der Waals surface area contributed by atoms with Crippen LogP contribution < -0.4 is 10.9 Å². The number of aromatic amines is 1. The van der Waals surface area contributed by atoms with Gasteiger partial charge in [0.05, 0.1) is 18.9 Å². The molecule has 1 unspecified atom stereocenters. The van der Waals surface area contributed by atoms with Crippen LogP contribution in [-0.4, -0.2) is 29.7 Å². The smallest absolute Gasteiger partial charge is 0.254 e. The highest BCUT2D eigenvalue weighted by Gasteiger charge is 2.16. The molecule has 0 fully saturated rings. The third-order valence-corrected chi connectivity index (χ3v) is 2.88. The second kappa shape index (κ2) is 4.76. The Morgan fingerprint density at radius 2 is 2.44 bits per heavy atom. The monoisotopic (exact) mass is 223 g/mol. The van der Waals surface area contributed by atoms with Gasteiger partial charge in [-0.1, -0.05) is 0 Å². The number of hydrogen-bond donors (Lipinski definition) is 2. The van der Waals surface area contributed by atoms with Gasteiger partial charge in [-0.2, -0.15) is 0 Å². The van der Waals surface area contributed by atoms with Crippen LogP contribution in [0.25, 0.3) is 0 Å². The van der Waals surface area contributed by atoms with E-state index in [-0.39, 0.29) is 5.56 Å². The van der Waals surface area contributed by atoms with Crippen molar-refractivity contribution in [3.05, 3.63) is 27.4 Å². The van der Waals surface area contributed by atoms with E-state index < -0.39 is 0 Å². The summed E-state index contributed by atoms with van der Waals surface area (Å²) in [5.74, 6) is 0.733. The molecule has 0 saturated heterocycles. The van der Waals surface area contributed by atoms with Crippen LogP contribution in [-0.2, 0) is 24.2 Å². The van der Waals surface area contributed by atoms with Crippen LogP contribution in [0.4, 0.5) is 0 Å². The average Bonchev–Trinajstić information content (AvgIpc) is 2.29. The molecule has 5 nitrogen and oxygen atoms in total. The SMILES string of the molecule is CNC(C)Cc1nc2c(c(=O)[nH]1)CCOC2. The van der Waals surface area contributed by atoms with Crippen molar-refractivity contribution in [1.29, 1.82) is 0 Å². The number of nitrogens with one attached hydrogen (secondary N) is 2. The highest BCUT2D eigenvalue weighted by Crippen LogP contribution is 2.10. The first-order valence-electron chi connectivity index (χ1n) is 5.56. The van der Waals surface area contributed by atoms with Crippen molar-refractivity contribution in [1.82, 2.24) is 15.3 Å². The first-order chi connectivity index (χ1) is 7.70. The minimum atomic E-state index is -0.00777. The Balaban J connectivity index is 2.28. The molecule has 88 valence electrons. The Kier molecular flexibility index (Phi) is 3.36. The molecular formula is C11H17N3O2. The maximum absolute atomic E-state index is 11.8. The van der Waals surface area contributed by atoms with E-state index in [0.717, 1.165) is 23.5 Å². The molecule has 16 heavy (non-hydrogen) atoms. The second-order valence-electron chi connectivity index (χ2n) is 4.13. The minimum Gasteiger partial charge on any atom is -0.375 e. The lowest BCUT2D eigenvalue weighted by Crippen LogP contribution is -2.29. The van der Waals surface area contributed by atoms with E-state index in [1.807, 2.05) is 7.05 Å². The average molecular weight is 223 g/mol. The van der Waals surface area contributed by atoms with E-state index in [2.05, 4.69) is 22.2 Å². The van der Waals surface area contributed by atoms with Gasteiger partial charge in [-0.3, -0.25) is 4.79 Å². The van der Waals surface area contributed by atoms with Gasteiger partial charge in [-0.25, -0.2) is 4.98 Å². The molecule has 0 spiro atoms. The summed E-state index contributed by atoms with van der Waals surface area (Å²) in [7, 11) is 1.89. The van der Waals surface area contributed by atoms with Crippen molar-refractivity contribution in [3.8, 4) is 0 Å². The predicted octanol–water partition coefficient (Wildman–Crippen LogP) is -0.00700. The molecule has 1 aliphatic rings. The fourth-order valence-electron chi connectivity index (χ4n) is 1.80. The number of ether oxygens (including phenoxy) is 1. The standard InChI is InChI=1S/C11H17N3O2/c1-7(12-2)5-10-13-9-6-16-4-3-8(9)11(15)14-10/h7,12H,3-6H2,1-2H3,(H,13,14,15). The fraction of sp³-hybridized carbons (Fsp3) is 0.636. The maximum atomic E-state index is 11.8. The van der Waals surface area contributed by atoms with Crippen LogP contribution in [0.5, 0.6) is 0 Å². The third kappa shape index (κ3) is 2.31. The van der Waals surface area contributed by atoms with Crippen LogP contribution in [0.3, 0.4) is 0 Å². The number of H-pyrrole nitrogens is 1. The molecule has 5 heteroatoms. The Labute approximate surface area is 94.2 Å². The van der Waals surface area contributed by atoms with Crippen LogP contribution in [0.2, 0.25) is 0 Å². The quantitative estimate of drug-likeness (QED) is 0.756. The Bertz CT molecular complexity index is 428. The summed E-state index contributed by atoms with van der Waals surface area (Å²) >= 11 is 0. The number of nitrogens with zero attached hydrogens (tertiary/aromatic N) is 1. The number of hydrogen-bond acceptors (Lipinski definition) is 4. The zero-order chi connectivity index (χ0) is 11.5. The largest absolute Gasteiger partial charge is 0.375 e. The summed E-state index contributed by atoms with van der Waals surface area (Å²) in [6.45, 7) is 3.13. The molecular weight excluding hydrogens is 206 g/mol. The van der Waals surface area contributed by atoms with E-state index >= 15 is 0 Å². The number of likely N-dealkylation sites (N-methyl/N-ethyl adjacent to an activating group) is 1. The van der Waals surface area contributed by atoms with Crippen LogP contribution >= 0.6 is 0 Å². The molecule has 0 bridgehead atoms. The van der Waals surface area contributed by atoms with Crippen molar-refractivity contribution >= 4 is 0 Å². The summed E-state index contributed by atoms with van der Waals surface area (Å²) in [5.41, 5.74) is 1.58. The van der Waals surface area contributed by atoms with E-state index in [1.54, 1.807) is 0 Å². The summed E-state index contributed by atoms with van der Waals surface area (Å²) in [4.78, 5) is 19.1. The molecule has 0 saturated carbocycles. The molecule has 1 aromatic rings. The molecule has 1 aliphatic heterocycles. The van der Waals surface area contributed by atoms with Gasteiger partial charge in [0.1, 0.15) is 5.82 Å². The number of rotatable bonds is 3. The first kappa shape index (κ1) is 11.3. The van der Waals surface area contributed by atoms with E-state index in [4.69, 9.17) is 4.74 Å². The molecule has 0 radical (unpaired) electrons. The maximum Gasteiger partial charge on any atom is 0.254 e. The van der Waals surface area contributed by atoms with Gasteiger partial charge in [-0.05, 0) is 14.0 Å². The zero-order valence-corrected chi connectivity index (χ0v) is 9.67. The Morgan fingerprint density at radius 1 is 1.62 bits per heavy atom. The first-order valence-corrected chi connectivity index (χ1v) is 5.56. The van der Waals surface area contributed by atoms with E-state index in [0.29, 0.717) is 25.7 Å². The van der Waals surface area contributed by atoms with Crippen molar-refractivity contribution in [2.45, 2.75) is 32.4 Å². The van der Waals surface area contributed by atoms with Crippen molar-refractivity contribution in [3.63, 3.8) is 0 Å². The molecule has 0 aliphatic carbocycles. The lowest BCUT2D eigenvalue weighted by Gasteiger charge is -2.16. The van der Waals surface area contributed by atoms with Gasteiger partial charge in [0.2, 0.25) is 0 Å². The van der Waals surface area contributed by atoms with Crippen LogP contribution in [0.1, 0.15) is 24.0 Å². The van der Waals surface area contributed by atoms with Crippen molar-refractivity contribution in [2.24, 2.45) is 0 Å². The lowest BCUT2D eigenvalue weighted by molar-refractivity contribution is 0.106. The number of fused-ring (bicyclic) bond motifs is 1. The molecule has 0 amide bonds.